The van der Waals surface area contributed by atoms with E-state index in [2.05, 4.69) is 14.7 Å². The van der Waals surface area contributed by atoms with Crippen molar-refractivity contribution < 1.29 is 35.9 Å². The Labute approximate surface area is 350 Å². The smallest absolute Gasteiger partial charge is 0.261 e. The maximum absolute atomic E-state index is 12.4. The van der Waals surface area contributed by atoms with Crippen LogP contribution in [0.25, 0.3) is 20.2 Å². The van der Waals surface area contributed by atoms with E-state index in [0.717, 1.165) is 20.2 Å². The van der Waals surface area contributed by atoms with Crippen LogP contribution in [0.5, 0.6) is 23.0 Å². The number of nitrogens with one attached hydrogen (secondary N) is 1. The number of anilines is 2. The summed E-state index contributed by atoms with van der Waals surface area (Å²) in [5, 5.41) is 1.54. The third kappa shape index (κ3) is 11.1. The molecular formula is C40H31ClN6O8S4. The summed E-state index contributed by atoms with van der Waals surface area (Å²) < 4.78 is 61.8. The third-order valence-electron chi connectivity index (χ3n) is 7.83. The number of halogens is 1. The summed E-state index contributed by atoms with van der Waals surface area (Å²) in [5.41, 5.74) is 17.3. The minimum atomic E-state index is -3.66. The SMILES string of the molecule is NC(=O)c1cc2c(Oc3ccc(N)cc3)cncc2s1.NC(=O)c1cc2c(Oc3ccc(NS(=O)(=O)c4ccccc4)cc3)cncc2s1.O=S(=O)(Cl)c1ccccc1. The van der Waals surface area contributed by atoms with Crippen LogP contribution in [0.4, 0.5) is 11.4 Å². The number of rotatable bonds is 10. The second-order valence-electron chi connectivity index (χ2n) is 12.0. The summed E-state index contributed by atoms with van der Waals surface area (Å²) in [6, 6.07) is 32.9. The summed E-state index contributed by atoms with van der Waals surface area (Å²) in [4.78, 5) is 32.1. The van der Waals surface area contributed by atoms with E-state index in [4.69, 9.17) is 37.4 Å². The molecule has 0 radical (unpaired) electrons. The highest BCUT2D eigenvalue weighted by Gasteiger charge is 2.15. The van der Waals surface area contributed by atoms with Crippen molar-refractivity contribution in [3.63, 3.8) is 0 Å². The molecule has 4 aromatic heterocycles. The second kappa shape index (κ2) is 18.3. The summed E-state index contributed by atoms with van der Waals surface area (Å²) in [7, 11) is -2.16. The van der Waals surface area contributed by atoms with Gasteiger partial charge in [0.05, 0.1) is 41.3 Å². The number of carbonyl (C=O) groups excluding carboxylic acids is 2. The number of amides is 2. The van der Waals surface area contributed by atoms with Gasteiger partial charge in [-0.1, -0.05) is 36.4 Å². The number of nitrogen functional groups attached to an aromatic ring is 1. The molecule has 4 aromatic carbocycles. The van der Waals surface area contributed by atoms with E-state index >= 15 is 0 Å². The lowest BCUT2D eigenvalue weighted by molar-refractivity contribution is 0.0995. The van der Waals surface area contributed by atoms with Crippen LogP contribution in [-0.4, -0.2) is 38.6 Å². The third-order valence-corrected chi connectivity index (χ3v) is 12.8. The molecule has 2 amide bonds. The van der Waals surface area contributed by atoms with E-state index in [1.54, 1.807) is 122 Å². The average Bonchev–Trinajstić information content (AvgIpc) is 3.88. The molecule has 0 aliphatic heterocycles. The molecular weight excluding hydrogens is 856 g/mol. The predicted molar refractivity (Wildman–Crippen MR) is 230 cm³/mol. The van der Waals surface area contributed by atoms with Gasteiger partial charge in [0, 0.05) is 45.2 Å². The van der Waals surface area contributed by atoms with Crippen LogP contribution in [0.2, 0.25) is 0 Å². The Hall–Kier alpha value is -6.57. The molecule has 19 heteroatoms. The quantitative estimate of drug-likeness (QED) is 0.0752. The van der Waals surface area contributed by atoms with Gasteiger partial charge in [0.1, 0.15) is 11.5 Å². The monoisotopic (exact) mass is 886 g/mol. The molecule has 0 saturated carbocycles. The maximum Gasteiger partial charge on any atom is 0.261 e. The Balaban J connectivity index is 0.000000168. The first-order valence-corrected chi connectivity index (χ1v) is 22.3. The zero-order chi connectivity index (χ0) is 42.2. The van der Waals surface area contributed by atoms with Crippen molar-refractivity contribution in [3.8, 4) is 23.0 Å². The molecule has 0 fully saturated rings. The normalized spacial score (nSPS) is 11.1. The van der Waals surface area contributed by atoms with E-state index in [0.29, 0.717) is 44.1 Å². The van der Waals surface area contributed by atoms with Gasteiger partial charge in [0.15, 0.2) is 11.5 Å². The first-order chi connectivity index (χ1) is 28.2. The molecule has 0 unspecified atom stereocenters. The fourth-order valence-corrected chi connectivity index (χ4v) is 8.72. The van der Waals surface area contributed by atoms with Crippen molar-refractivity contribution in [2.75, 3.05) is 10.5 Å². The molecule has 14 nitrogen and oxygen atoms in total. The van der Waals surface area contributed by atoms with Crippen molar-refractivity contribution in [3.05, 3.63) is 156 Å². The molecule has 0 spiro atoms. The van der Waals surface area contributed by atoms with Gasteiger partial charge in [0.2, 0.25) is 0 Å². The zero-order valence-corrected chi connectivity index (χ0v) is 34.3. The average molecular weight is 887 g/mol. The molecule has 0 atom stereocenters. The number of aromatic nitrogens is 2. The van der Waals surface area contributed by atoms with Crippen LogP contribution < -0.4 is 31.4 Å². The molecule has 59 heavy (non-hydrogen) atoms. The maximum atomic E-state index is 12.4. The molecule has 8 aromatic rings. The molecule has 4 heterocycles. The first kappa shape index (κ1) is 42.0. The Morgan fingerprint density at radius 2 is 1.02 bits per heavy atom. The predicted octanol–water partition coefficient (Wildman–Crippen LogP) is 8.37. The Bertz CT molecular complexity index is 2970. The van der Waals surface area contributed by atoms with E-state index in [1.807, 2.05) is 0 Å². The van der Waals surface area contributed by atoms with E-state index in [1.165, 1.54) is 46.9 Å². The van der Waals surface area contributed by atoms with Gasteiger partial charge in [-0.2, -0.15) is 0 Å². The largest absolute Gasteiger partial charge is 0.455 e. The van der Waals surface area contributed by atoms with Crippen LogP contribution in [0.3, 0.4) is 0 Å². The van der Waals surface area contributed by atoms with Gasteiger partial charge in [-0.25, -0.2) is 16.8 Å². The molecule has 0 bridgehead atoms. The lowest BCUT2D eigenvalue weighted by Crippen LogP contribution is -2.12. The van der Waals surface area contributed by atoms with Crippen molar-refractivity contribution in [2.24, 2.45) is 11.5 Å². The van der Waals surface area contributed by atoms with Gasteiger partial charge in [-0.3, -0.25) is 24.3 Å². The van der Waals surface area contributed by atoms with Crippen LogP contribution in [0, 0.1) is 0 Å². The molecule has 7 N–H and O–H groups in total. The zero-order valence-electron chi connectivity index (χ0n) is 30.3. The molecule has 8 rings (SSSR count). The van der Waals surface area contributed by atoms with Crippen molar-refractivity contribution in [2.45, 2.75) is 9.79 Å². The molecule has 0 aliphatic rings. The Kier molecular flexibility index (Phi) is 13.1. The number of hydrogen-bond donors (Lipinski definition) is 4. The minimum Gasteiger partial charge on any atom is -0.455 e. The number of pyridine rings is 2. The summed E-state index contributed by atoms with van der Waals surface area (Å²) in [5.74, 6) is 1.24. The van der Waals surface area contributed by atoms with E-state index in [9.17, 15) is 26.4 Å². The number of hydrogen-bond acceptors (Lipinski definition) is 13. The Morgan fingerprint density at radius 1 is 0.593 bits per heavy atom. The van der Waals surface area contributed by atoms with Crippen LogP contribution >= 0.6 is 33.4 Å². The molecule has 300 valence electrons. The molecule has 0 saturated heterocycles. The van der Waals surface area contributed by atoms with Crippen molar-refractivity contribution >= 4 is 95.8 Å². The van der Waals surface area contributed by atoms with Crippen molar-refractivity contribution in [1.29, 1.82) is 0 Å². The Morgan fingerprint density at radius 3 is 1.42 bits per heavy atom. The van der Waals surface area contributed by atoms with E-state index in [-0.39, 0.29) is 9.79 Å². The highest BCUT2D eigenvalue weighted by Crippen LogP contribution is 2.36. The number of nitrogens with two attached hydrogens (primary N) is 3. The second-order valence-corrected chi connectivity index (χ2v) is 18.4. The topological polar surface area (TPSA) is 237 Å². The van der Waals surface area contributed by atoms with Gasteiger partial charge in [-0.05, 0) is 84.9 Å². The summed E-state index contributed by atoms with van der Waals surface area (Å²) in [6.45, 7) is 0. The number of fused-ring (bicyclic) bond motifs is 2. The lowest BCUT2D eigenvalue weighted by atomic mass is 10.2. The summed E-state index contributed by atoms with van der Waals surface area (Å²) in [6.07, 6.45) is 6.48. The fraction of sp³-hybridized carbons (Fsp3) is 0. The number of thiophene rings is 2. The van der Waals surface area contributed by atoms with Crippen LogP contribution in [0.15, 0.2) is 156 Å². The highest BCUT2D eigenvalue weighted by atomic mass is 35.7. The number of sulfonamides is 1. The van der Waals surface area contributed by atoms with Crippen LogP contribution in [-0.2, 0) is 19.1 Å². The highest BCUT2D eigenvalue weighted by molar-refractivity contribution is 8.13. The number of primary amides is 2. The number of carbonyl (C=O) groups is 2. The van der Waals surface area contributed by atoms with E-state index < -0.39 is 30.9 Å². The van der Waals surface area contributed by atoms with Crippen LogP contribution in [0.1, 0.15) is 19.3 Å². The van der Waals surface area contributed by atoms with Gasteiger partial charge in [0.25, 0.3) is 30.9 Å². The number of ether oxygens (including phenoxy) is 2. The molecule has 0 aliphatic carbocycles. The first-order valence-electron chi connectivity index (χ1n) is 16.9. The van der Waals surface area contributed by atoms with Gasteiger partial charge in [-0.15, -0.1) is 22.7 Å². The standard InChI is InChI=1S/C20H15N3O4S2.C14H11N3O2S.C6H5ClO2S/c21-20(24)18-10-16-17(11-22-12-19(16)28-18)27-14-8-6-13(7-9-14)23-29(25,26)15-4-2-1-3-5-15;15-8-1-3-9(4-2-8)19-11-6-17-7-13-10(11)5-12(20-13)14(16)18;7-10(8,9)6-4-2-1-3-5-6/h1-12,23H,(H2,21,24);1-7H,15H2,(H2,16,18);1-5H. The lowest BCUT2D eigenvalue weighted by Gasteiger charge is -2.10. The van der Waals surface area contributed by atoms with Gasteiger partial charge < -0.3 is 26.7 Å². The summed E-state index contributed by atoms with van der Waals surface area (Å²) >= 11 is 2.54. The number of nitrogens with zero attached hydrogens (tertiary/aromatic N) is 2. The number of benzene rings is 4. The van der Waals surface area contributed by atoms with Crippen molar-refractivity contribution in [1.82, 2.24) is 9.97 Å². The van der Waals surface area contributed by atoms with Gasteiger partial charge >= 0.3 is 0 Å². The minimum absolute atomic E-state index is 0.136. The fourth-order valence-electron chi connectivity index (χ4n) is 5.05.